The second kappa shape index (κ2) is 10.1. The van der Waals surface area contributed by atoms with Gasteiger partial charge in [-0.2, -0.15) is 0 Å². The molecule has 9 heteroatoms. The number of benzene rings is 2. The molecule has 0 aromatic heterocycles. The highest BCUT2D eigenvalue weighted by Crippen LogP contribution is 2.41. The second-order valence-electron chi connectivity index (χ2n) is 5.04. The highest BCUT2D eigenvalue weighted by Gasteiger charge is 2.26. The van der Waals surface area contributed by atoms with Crippen molar-refractivity contribution in [2.24, 2.45) is 0 Å². The molecule has 2 rings (SSSR count). The van der Waals surface area contributed by atoms with E-state index in [0.29, 0.717) is 0 Å². The summed E-state index contributed by atoms with van der Waals surface area (Å²) in [6, 6.07) is 7.52. The molecule has 0 radical (unpaired) electrons. The SMILES string of the molecule is OCC(OC(CO)c1c(Br)cc(Br)cc1Br)c1c(Br)cc(Br)cc1Br. The molecule has 0 aliphatic carbocycles. The molecule has 0 saturated heterocycles. The van der Waals surface area contributed by atoms with Gasteiger partial charge in [0.15, 0.2) is 0 Å². The summed E-state index contributed by atoms with van der Waals surface area (Å²) in [4.78, 5) is 0. The maximum atomic E-state index is 9.88. The number of hydrogen-bond donors (Lipinski definition) is 2. The first kappa shape index (κ1) is 22.5. The molecule has 136 valence electrons. The molecule has 0 amide bonds. The summed E-state index contributed by atoms with van der Waals surface area (Å²) in [6.07, 6.45) is -1.26. The Morgan fingerprint density at radius 1 is 0.640 bits per heavy atom. The van der Waals surface area contributed by atoms with Crippen LogP contribution in [-0.2, 0) is 4.74 Å². The normalized spacial score (nSPS) is 13.8. The minimum absolute atomic E-state index is 0.235. The van der Waals surface area contributed by atoms with E-state index in [1.165, 1.54) is 0 Å². The van der Waals surface area contributed by atoms with Gasteiger partial charge < -0.3 is 14.9 Å². The van der Waals surface area contributed by atoms with Gasteiger partial charge in [0.25, 0.3) is 0 Å². The van der Waals surface area contributed by atoms with E-state index in [4.69, 9.17) is 4.74 Å². The molecule has 0 heterocycles. The third-order valence-corrected chi connectivity index (χ3v) is 6.93. The summed E-state index contributed by atoms with van der Waals surface area (Å²) in [5.41, 5.74) is 1.54. The second-order valence-corrected chi connectivity index (χ2v) is 10.3. The quantitative estimate of drug-likeness (QED) is 0.335. The van der Waals surface area contributed by atoms with Crippen molar-refractivity contribution in [2.75, 3.05) is 13.2 Å². The number of hydrogen-bond acceptors (Lipinski definition) is 3. The van der Waals surface area contributed by atoms with Crippen molar-refractivity contribution in [3.8, 4) is 0 Å². The van der Waals surface area contributed by atoms with Gasteiger partial charge in [0, 0.05) is 38.0 Å². The molecule has 2 N–H and O–H groups in total. The lowest BCUT2D eigenvalue weighted by molar-refractivity contribution is -0.0653. The zero-order valence-corrected chi connectivity index (χ0v) is 22.0. The van der Waals surface area contributed by atoms with Crippen LogP contribution in [0.3, 0.4) is 0 Å². The van der Waals surface area contributed by atoms with Crippen LogP contribution >= 0.6 is 95.6 Å². The Morgan fingerprint density at radius 2 is 0.920 bits per heavy atom. The minimum atomic E-state index is -0.628. The predicted molar refractivity (Wildman–Crippen MR) is 120 cm³/mol. The molecule has 25 heavy (non-hydrogen) atoms. The summed E-state index contributed by atoms with van der Waals surface area (Å²) in [5, 5.41) is 19.8. The average molecular weight is 732 g/mol. The number of halogens is 6. The van der Waals surface area contributed by atoms with Crippen LogP contribution in [0.15, 0.2) is 51.1 Å². The zero-order chi connectivity index (χ0) is 18.7. The van der Waals surface area contributed by atoms with Crippen molar-refractivity contribution in [1.82, 2.24) is 0 Å². The van der Waals surface area contributed by atoms with Crippen molar-refractivity contribution >= 4 is 95.6 Å². The molecule has 2 aromatic carbocycles. The fourth-order valence-electron chi connectivity index (χ4n) is 2.32. The van der Waals surface area contributed by atoms with Gasteiger partial charge in [0.1, 0.15) is 12.2 Å². The standard InChI is InChI=1S/C16H12Br6O3/c17-7-1-9(19)15(10(20)2-7)13(5-23)25-14(6-24)16-11(21)3-8(18)4-12(16)22/h1-4,13-14,23-24H,5-6H2. The fraction of sp³-hybridized carbons (Fsp3) is 0.250. The first-order valence-electron chi connectivity index (χ1n) is 6.94. The maximum Gasteiger partial charge on any atom is 0.109 e. The summed E-state index contributed by atoms with van der Waals surface area (Å²) in [7, 11) is 0. The summed E-state index contributed by atoms with van der Waals surface area (Å²) in [5.74, 6) is 0. The lowest BCUT2D eigenvalue weighted by Crippen LogP contribution is -2.18. The molecule has 0 spiro atoms. The third-order valence-electron chi connectivity index (χ3n) is 3.39. The van der Waals surface area contributed by atoms with Gasteiger partial charge in [0.2, 0.25) is 0 Å². The minimum Gasteiger partial charge on any atom is -0.393 e. The molecule has 2 aromatic rings. The molecule has 0 saturated carbocycles. The number of aliphatic hydroxyl groups is 2. The lowest BCUT2D eigenvalue weighted by Gasteiger charge is -2.26. The molecule has 0 fully saturated rings. The molecular weight excluding hydrogens is 720 g/mol. The Kier molecular flexibility index (Phi) is 9.10. The van der Waals surface area contributed by atoms with Gasteiger partial charge >= 0.3 is 0 Å². The monoisotopic (exact) mass is 726 g/mol. The summed E-state index contributed by atoms with van der Waals surface area (Å²) < 4.78 is 11.0. The third kappa shape index (κ3) is 5.60. The van der Waals surface area contributed by atoms with Crippen LogP contribution in [0, 0.1) is 0 Å². The van der Waals surface area contributed by atoms with Gasteiger partial charge in [-0.3, -0.25) is 0 Å². The van der Waals surface area contributed by atoms with Gasteiger partial charge in [-0.15, -0.1) is 0 Å². The van der Waals surface area contributed by atoms with Crippen LogP contribution < -0.4 is 0 Å². The average Bonchev–Trinajstić information content (AvgIpc) is 2.50. The van der Waals surface area contributed by atoms with E-state index >= 15 is 0 Å². The van der Waals surface area contributed by atoms with E-state index in [9.17, 15) is 10.2 Å². The van der Waals surface area contributed by atoms with E-state index in [2.05, 4.69) is 95.6 Å². The van der Waals surface area contributed by atoms with E-state index < -0.39 is 12.2 Å². The number of ether oxygens (including phenoxy) is 1. The van der Waals surface area contributed by atoms with Gasteiger partial charge in [-0.1, -0.05) is 95.6 Å². The lowest BCUT2D eigenvalue weighted by atomic mass is 10.1. The van der Waals surface area contributed by atoms with Crippen molar-refractivity contribution in [1.29, 1.82) is 0 Å². The zero-order valence-electron chi connectivity index (χ0n) is 12.4. The molecule has 0 aliphatic heterocycles. The van der Waals surface area contributed by atoms with Gasteiger partial charge in [-0.25, -0.2) is 0 Å². The van der Waals surface area contributed by atoms with Crippen LogP contribution in [0.1, 0.15) is 23.3 Å². The highest BCUT2D eigenvalue weighted by molar-refractivity contribution is 9.12. The van der Waals surface area contributed by atoms with Crippen LogP contribution in [0.2, 0.25) is 0 Å². The predicted octanol–water partition coefficient (Wildman–Crippen LogP) is 7.05. The molecule has 2 unspecified atom stereocenters. The van der Waals surface area contributed by atoms with Gasteiger partial charge in [0.05, 0.1) is 13.2 Å². The molecular formula is C16H12Br6O3. The molecule has 0 aliphatic rings. The van der Waals surface area contributed by atoms with Crippen molar-refractivity contribution < 1.29 is 14.9 Å². The highest BCUT2D eigenvalue weighted by atomic mass is 79.9. The number of rotatable bonds is 6. The molecule has 3 nitrogen and oxygen atoms in total. The first-order valence-corrected chi connectivity index (χ1v) is 11.7. The maximum absolute atomic E-state index is 9.88. The van der Waals surface area contributed by atoms with Crippen molar-refractivity contribution in [2.45, 2.75) is 12.2 Å². The van der Waals surface area contributed by atoms with E-state index in [-0.39, 0.29) is 13.2 Å². The summed E-state index contributed by atoms with van der Waals surface area (Å²) >= 11 is 20.9. The van der Waals surface area contributed by atoms with E-state index in [0.717, 1.165) is 38.0 Å². The van der Waals surface area contributed by atoms with Crippen LogP contribution in [0.25, 0.3) is 0 Å². The van der Waals surface area contributed by atoms with Crippen LogP contribution in [-0.4, -0.2) is 23.4 Å². The van der Waals surface area contributed by atoms with Crippen molar-refractivity contribution in [3.05, 3.63) is 62.2 Å². The molecule has 0 bridgehead atoms. The van der Waals surface area contributed by atoms with Crippen molar-refractivity contribution in [3.63, 3.8) is 0 Å². The smallest absolute Gasteiger partial charge is 0.109 e. The fourth-order valence-corrected chi connectivity index (χ4v) is 7.86. The van der Waals surface area contributed by atoms with Gasteiger partial charge in [-0.05, 0) is 24.3 Å². The largest absolute Gasteiger partial charge is 0.393 e. The van der Waals surface area contributed by atoms with Crippen LogP contribution in [0.5, 0.6) is 0 Å². The Hall–Kier alpha value is 1.20. The Bertz CT molecular complexity index is 658. The number of aliphatic hydroxyl groups excluding tert-OH is 2. The van der Waals surface area contributed by atoms with E-state index in [1.54, 1.807) is 0 Å². The Balaban J connectivity index is 2.41. The van der Waals surface area contributed by atoms with E-state index in [1.807, 2.05) is 24.3 Å². The first-order chi connectivity index (χ1) is 11.8. The van der Waals surface area contributed by atoms with Crippen LogP contribution in [0.4, 0.5) is 0 Å². The Morgan fingerprint density at radius 3 is 1.16 bits per heavy atom. The Labute approximate surface area is 196 Å². The topological polar surface area (TPSA) is 49.7 Å². The molecule has 2 atom stereocenters. The summed E-state index contributed by atoms with van der Waals surface area (Å²) in [6.45, 7) is -0.470.